The molecule has 7 heteroatoms. The Morgan fingerprint density at radius 1 is 1.38 bits per heavy atom. The molecule has 0 amide bonds. The normalized spacial score (nSPS) is 24.0. The number of piperidine rings is 1. The van der Waals surface area contributed by atoms with E-state index in [2.05, 4.69) is 6.92 Å². The van der Waals surface area contributed by atoms with Crippen LogP contribution >= 0.6 is 11.6 Å². The molecule has 0 aliphatic carbocycles. The molecule has 2 atom stereocenters. The maximum absolute atomic E-state index is 12.7. The second-order valence-electron chi connectivity index (χ2n) is 5.54. The lowest BCUT2D eigenvalue weighted by Crippen LogP contribution is -2.44. The predicted octanol–water partition coefficient (Wildman–Crippen LogP) is 2.85. The molecule has 0 radical (unpaired) electrons. The molecule has 1 heterocycles. The van der Waals surface area contributed by atoms with Crippen molar-refractivity contribution in [1.29, 1.82) is 0 Å². The monoisotopic (exact) mass is 331 g/mol. The first-order chi connectivity index (χ1) is 9.73. The minimum atomic E-state index is -3.70. The lowest BCUT2D eigenvalue weighted by atomic mass is 9.95. The van der Waals surface area contributed by atoms with E-state index in [1.54, 1.807) is 0 Å². The van der Waals surface area contributed by atoms with Crippen LogP contribution in [-0.4, -0.2) is 36.4 Å². The third-order valence-electron chi connectivity index (χ3n) is 3.85. The van der Waals surface area contributed by atoms with E-state index in [4.69, 9.17) is 16.7 Å². The van der Waals surface area contributed by atoms with E-state index in [0.29, 0.717) is 12.5 Å². The molecule has 1 fully saturated rings. The van der Waals surface area contributed by atoms with Crippen molar-refractivity contribution >= 4 is 27.6 Å². The largest absolute Gasteiger partial charge is 0.478 e. The highest BCUT2D eigenvalue weighted by Gasteiger charge is 2.33. The molecule has 1 aromatic rings. The van der Waals surface area contributed by atoms with Crippen LogP contribution in [0.15, 0.2) is 23.1 Å². The van der Waals surface area contributed by atoms with Crippen molar-refractivity contribution in [2.24, 2.45) is 5.92 Å². The molecule has 116 valence electrons. The highest BCUT2D eigenvalue weighted by Crippen LogP contribution is 2.29. The van der Waals surface area contributed by atoms with E-state index in [1.807, 2.05) is 6.92 Å². The van der Waals surface area contributed by atoms with E-state index in [1.165, 1.54) is 16.4 Å². The van der Waals surface area contributed by atoms with Gasteiger partial charge in [0.1, 0.15) is 0 Å². The Balaban J connectivity index is 2.40. The van der Waals surface area contributed by atoms with Gasteiger partial charge in [-0.05, 0) is 43.9 Å². The molecule has 0 spiro atoms. The van der Waals surface area contributed by atoms with Gasteiger partial charge in [0.2, 0.25) is 10.0 Å². The first-order valence-electron chi connectivity index (χ1n) is 6.78. The number of rotatable bonds is 3. The summed E-state index contributed by atoms with van der Waals surface area (Å²) in [4.78, 5) is 11.1. The molecule has 0 bridgehead atoms. The summed E-state index contributed by atoms with van der Waals surface area (Å²) >= 11 is 5.79. The number of sulfonamides is 1. The summed E-state index contributed by atoms with van der Waals surface area (Å²) in [5.41, 5.74) is -0.198. The van der Waals surface area contributed by atoms with Crippen LogP contribution in [-0.2, 0) is 10.0 Å². The second-order valence-corrected chi connectivity index (χ2v) is 7.84. The lowest BCUT2D eigenvalue weighted by molar-refractivity contribution is 0.0697. The van der Waals surface area contributed by atoms with E-state index >= 15 is 0 Å². The molecule has 1 aliphatic rings. The van der Waals surface area contributed by atoms with Crippen LogP contribution in [0, 0.1) is 5.92 Å². The summed E-state index contributed by atoms with van der Waals surface area (Å²) in [6.07, 6.45) is 1.61. The predicted molar refractivity (Wildman–Crippen MR) is 80.2 cm³/mol. The number of carboxylic acid groups (broad SMARTS) is 1. The smallest absolute Gasteiger partial charge is 0.337 e. The molecule has 2 rings (SSSR count). The fourth-order valence-corrected chi connectivity index (χ4v) is 4.59. The highest BCUT2D eigenvalue weighted by molar-refractivity contribution is 7.89. The zero-order valence-corrected chi connectivity index (χ0v) is 13.5. The standard InChI is InChI=1S/C14H18ClNO4S/c1-9-5-6-16(10(2)7-9)21(19,20)11-3-4-13(15)12(8-11)14(17)18/h3-4,8-10H,5-7H2,1-2H3,(H,17,18). The number of halogens is 1. The fourth-order valence-electron chi connectivity index (χ4n) is 2.71. The van der Waals surface area contributed by atoms with Crippen molar-refractivity contribution in [1.82, 2.24) is 4.31 Å². The molecule has 2 unspecified atom stereocenters. The first-order valence-corrected chi connectivity index (χ1v) is 8.60. The zero-order valence-electron chi connectivity index (χ0n) is 11.9. The summed E-state index contributed by atoms with van der Waals surface area (Å²) < 4.78 is 26.8. The van der Waals surface area contributed by atoms with Crippen molar-refractivity contribution in [3.8, 4) is 0 Å². The van der Waals surface area contributed by atoms with Gasteiger partial charge < -0.3 is 5.11 Å². The van der Waals surface area contributed by atoms with Crippen LogP contribution in [0.4, 0.5) is 0 Å². The molecule has 0 saturated carbocycles. The Morgan fingerprint density at radius 3 is 2.62 bits per heavy atom. The van der Waals surface area contributed by atoms with Crippen molar-refractivity contribution in [2.45, 2.75) is 37.6 Å². The van der Waals surface area contributed by atoms with Gasteiger partial charge in [0.25, 0.3) is 0 Å². The Morgan fingerprint density at radius 2 is 2.05 bits per heavy atom. The molecular formula is C14H18ClNO4S. The van der Waals surface area contributed by atoms with E-state index in [9.17, 15) is 13.2 Å². The van der Waals surface area contributed by atoms with Crippen molar-refractivity contribution in [3.63, 3.8) is 0 Å². The second kappa shape index (κ2) is 5.94. The van der Waals surface area contributed by atoms with Crippen LogP contribution in [0.5, 0.6) is 0 Å². The van der Waals surface area contributed by atoms with Crippen LogP contribution < -0.4 is 0 Å². The third-order valence-corrected chi connectivity index (χ3v) is 6.19. The Bertz CT molecular complexity index is 659. The van der Waals surface area contributed by atoms with Crippen molar-refractivity contribution < 1.29 is 18.3 Å². The third kappa shape index (κ3) is 3.22. The summed E-state index contributed by atoms with van der Waals surface area (Å²) in [6, 6.07) is 3.71. The Kier molecular flexibility index (Phi) is 4.60. The molecule has 0 aromatic heterocycles. The molecule has 1 aliphatic heterocycles. The van der Waals surface area contributed by atoms with Crippen LogP contribution in [0.1, 0.15) is 37.0 Å². The van der Waals surface area contributed by atoms with E-state index in [-0.39, 0.29) is 21.5 Å². The van der Waals surface area contributed by atoms with Crippen LogP contribution in [0.3, 0.4) is 0 Å². The average molecular weight is 332 g/mol. The van der Waals surface area contributed by atoms with Crippen molar-refractivity contribution in [2.75, 3.05) is 6.54 Å². The molecule has 5 nitrogen and oxygen atoms in total. The number of nitrogens with zero attached hydrogens (tertiary/aromatic N) is 1. The van der Waals surface area contributed by atoms with E-state index in [0.717, 1.165) is 18.9 Å². The topological polar surface area (TPSA) is 74.7 Å². The SMILES string of the molecule is CC1CCN(S(=O)(=O)c2ccc(Cl)c(C(=O)O)c2)C(C)C1. The molecule has 21 heavy (non-hydrogen) atoms. The van der Waals surface area contributed by atoms with Gasteiger partial charge in [-0.25, -0.2) is 13.2 Å². The number of hydrogen-bond donors (Lipinski definition) is 1. The minimum Gasteiger partial charge on any atom is -0.478 e. The minimum absolute atomic E-state index is 0.0225. The maximum Gasteiger partial charge on any atom is 0.337 e. The summed E-state index contributed by atoms with van der Waals surface area (Å²) in [6.45, 7) is 4.43. The van der Waals surface area contributed by atoms with Gasteiger partial charge in [0.15, 0.2) is 0 Å². The Hall–Kier alpha value is -1.11. The molecule has 1 N–H and O–H groups in total. The number of hydrogen-bond acceptors (Lipinski definition) is 3. The average Bonchev–Trinajstić information content (AvgIpc) is 2.38. The summed E-state index contributed by atoms with van der Waals surface area (Å²) in [7, 11) is -3.70. The van der Waals surface area contributed by atoms with Crippen LogP contribution in [0.25, 0.3) is 0 Å². The van der Waals surface area contributed by atoms with Gasteiger partial charge in [-0.15, -0.1) is 0 Å². The van der Waals surface area contributed by atoms with Gasteiger partial charge in [-0.2, -0.15) is 4.31 Å². The lowest BCUT2D eigenvalue weighted by Gasteiger charge is -2.35. The maximum atomic E-state index is 12.7. The number of carbonyl (C=O) groups is 1. The first kappa shape index (κ1) is 16.3. The molecular weight excluding hydrogens is 314 g/mol. The van der Waals surface area contributed by atoms with Gasteiger partial charge in [-0.3, -0.25) is 0 Å². The Labute approximate surface area is 129 Å². The zero-order chi connectivity index (χ0) is 15.8. The summed E-state index contributed by atoms with van der Waals surface area (Å²) in [5.74, 6) is -0.747. The highest BCUT2D eigenvalue weighted by atomic mass is 35.5. The van der Waals surface area contributed by atoms with Crippen molar-refractivity contribution in [3.05, 3.63) is 28.8 Å². The number of aromatic carboxylic acids is 1. The van der Waals surface area contributed by atoms with Gasteiger partial charge >= 0.3 is 5.97 Å². The number of carboxylic acids is 1. The molecule has 1 saturated heterocycles. The number of benzene rings is 1. The van der Waals surface area contributed by atoms with Gasteiger partial charge in [0, 0.05) is 12.6 Å². The fraction of sp³-hybridized carbons (Fsp3) is 0.500. The van der Waals surface area contributed by atoms with Gasteiger partial charge in [0.05, 0.1) is 15.5 Å². The molecule has 1 aromatic carbocycles. The van der Waals surface area contributed by atoms with E-state index < -0.39 is 16.0 Å². The van der Waals surface area contributed by atoms with Crippen LogP contribution in [0.2, 0.25) is 5.02 Å². The summed E-state index contributed by atoms with van der Waals surface area (Å²) in [5, 5.41) is 9.09. The quantitative estimate of drug-likeness (QED) is 0.924. The van der Waals surface area contributed by atoms with Gasteiger partial charge in [-0.1, -0.05) is 18.5 Å².